The maximum atomic E-state index is 12.6. The van der Waals surface area contributed by atoms with Gasteiger partial charge >= 0.3 is 0 Å². The molecule has 0 radical (unpaired) electrons. The van der Waals surface area contributed by atoms with E-state index in [-0.39, 0.29) is 19.0 Å². The monoisotopic (exact) mass is 164 g/mol. The maximum absolute atomic E-state index is 12.6. The fourth-order valence-corrected chi connectivity index (χ4v) is 1.37. The average molecular weight is 164 g/mol. The van der Waals surface area contributed by atoms with Gasteiger partial charge in [-0.25, -0.2) is 8.78 Å². The molecule has 2 nitrogen and oxygen atoms in total. The lowest BCUT2D eigenvalue weighted by atomic mass is 10.3. The number of alkyl halides is 2. The van der Waals surface area contributed by atoms with Gasteiger partial charge in [0.1, 0.15) is 0 Å². The summed E-state index contributed by atoms with van der Waals surface area (Å²) in [5.41, 5.74) is 5.47. The summed E-state index contributed by atoms with van der Waals surface area (Å²) in [6.07, 6.45) is -0.0142. The van der Waals surface area contributed by atoms with E-state index in [1.807, 2.05) is 6.92 Å². The molecule has 11 heavy (non-hydrogen) atoms. The summed E-state index contributed by atoms with van der Waals surface area (Å²) in [5.74, 6) is -2.48. The first kappa shape index (κ1) is 8.87. The minimum atomic E-state index is -2.48. The van der Waals surface area contributed by atoms with Gasteiger partial charge in [0.15, 0.2) is 0 Å². The molecule has 0 saturated carbocycles. The van der Waals surface area contributed by atoms with Crippen molar-refractivity contribution in [2.75, 3.05) is 19.6 Å². The summed E-state index contributed by atoms with van der Waals surface area (Å²) in [6, 6.07) is -0.0103. The molecule has 4 heteroatoms. The van der Waals surface area contributed by atoms with Crippen LogP contribution in [0.5, 0.6) is 0 Å². The molecule has 0 aliphatic carbocycles. The molecule has 1 unspecified atom stereocenters. The van der Waals surface area contributed by atoms with Crippen molar-refractivity contribution in [2.24, 2.45) is 5.73 Å². The largest absolute Gasteiger partial charge is 0.327 e. The van der Waals surface area contributed by atoms with Gasteiger partial charge in [0.2, 0.25) is 0 Å². The van der Waals surface area contributed by atoms with Gasteiger partial charge in [-0.1, -0.05) is 0 Å². The number of nitrogens with two attached hydrogens (primary N) is 1. The Hall–Kier alpha value is -0.220. The third-order valence-corrected chi connectivity index (χ3v) is 1.79. The number of hydrogen-bond donors (Lipinski definition) is 1. The molecule has 66 valence electrons. The van der Waals surface area contributed by atoms with Gasteiger partial charge in [-0.05, 0) is 6.92 Å². The van der Waals surface area contributed by atoms with Crippen LogP contribution in [0.2, 0.25) is 0 Å². The predicted octanol–water partition coefficient (Wildman–Crippen LogP) is 0.675. The standard InChI is InChI=1S/C7H14F2N2/c1-6(10)4-11-3-2-7(8,9)5-11/h6H,2-5,10H2,1H3. The van der Waals surface area contributed by atoms with E-state index in [9.17, 15) is 8.78 Å². The lowest BCUT2D eigenvalue weighted by molar-refractivity contribution is 0.0119. The van der Waals surface area contributed by atoms with Crippen molar-refractivity contribution in [2.45, 2.75) is 25.3 Å². The number of hydrogen-bond acceptors (Lipinski definition) is 2. The molecule has 0 bridgehead atoms. The fourth-order valence-electron chi connectivity index (χ4n) is 1.37. The third kappa shape index (κ3) is 2.71. The molecule has 1 rings (SSSR count). The quantitative estimate of drug-likeness (QED) is 0.650. The highest BCUT2D eigenvalue weighted by Crippen LogP contribution is 2.26. The van der Waals surface area contributed by atoms with Crippen LogP contribution in [-0.4, -0.2) is 36.5 Å². The smallest absolute Gasteiger partial charge is 0.261 e. The molecule has 1 aliphatic rings. The molecular formula is C7H14F2N2. The lowest BCUT2D eigenvalue weighted by Crippen LogP contribution is -2.35. The molecule has 2 N–H and O–H groups in total. The van der Waals surface area contributed by atoms with Gasteiger partial charge in [0, 0.05) is 25.6 Å². The molecule has 1 atom stereocenters. The summed E-state index contributed by atoms with van der Waals surface area (Å²) >= 11 is 0. The molecule has 0 amide bonds. The highest BCUT2D eigenvalue weighted by Gasteiger charge is 2.37. The van der Waals surface area contributed by atoms with Crippen LogP contribution in [0.1, 0.15) is 13.3 Å². The maximum Gasteiger partial charge on any atom is 0.261 e. The highest BCUT2D eigenvalue weighted by atomic mass is 19.3. The number of nitrogens with zero attached hydrogens (tertiary/aromatic N) is 1. The van der Waals surface area contributed by atoms with E-state index >= 15 is 0 Å². The molecule has 1 saturated heterocycles. The Bertz CT molecular complexity index is 136. The van der Waals surface area contributed by atoms with Crippen LogP contribution >= 0.6 is 0 Å². The van der Waals surface area contributed by atoms with Crippen molar-refractivity contribution in [3.8, 4) is 0 Å². The lowest BCUT2D eigenvalue weighted by Gasteiger charge is -2.17. The van der Waals surface area contributed by atoms with E-state index < -0.39 is 5.92 Å². The predicted molar refractivity (Wildman–Crippen MR) is 39.7 cm³/mol. The Morgan fingerprint density at radius 3 is 2.64 bits per heavy atom. The Balaban J connectivity index is 2.31. The number of halogens is 2. The Morgan fingerprint density at radius 2 is 2.27 bits per heavy atom. The second-order valence-corrected chi connectivity index (χ2v) is 3.32. The van der Waals surface area contributed by atoms with E-state index in [1.165, 1.54) is 0 Å². The topological polar surface area (TPSA) is 29.3 Å². The second-order valence-electron chi connectivity index (χ2n) is 3.32. The van der Waals surface area contributed by atoms with E-state index in [4.69, 9.17) is 5.73 Å². The average Bonchev–Trinajstić information content (AvgIpc) is 2.08. The van der Waals surface area contributed by atoms with Gasteiger partial charge in [0.25, 0.3) is 5.92 Å². The van der Waals surface area contributed by atoms with Gasteiger partial charge in [0.05, 0.1) is 6.54 Å². The number of rotatable bonds is 2. The van der Waals surface area contributed by atoms with E-state index in [1.54, 1.807) is 4.90 Å². The van der Waals surface area contributed by atoms with Crippen LogP contribution in [0.15, 0.2) is 0 Å². The van der Waals surface area contributed by atoms with Crippen LogP contribution in [0.4, 0.5) is 8.78 Å². The summed E-state index contributed by atoms with van der Waals surface area (Å²) in [5, 5.41) is 0. The van der Waals surface area contributed by atoms with Crippen molar-refractivity contribution in [1.29, 1.82) is 0 Å². The van der Waals surface area contributed by atoms with Crippen LogP contribution in [0.3, 0.4) is 0 Å². The summed E-state index contributed by atoms with van der Waals surface area (Å²) in [7, 11) is 0. The van der Waals surface area contributed by atoms with Crippen molar-refractivity contribution in [1.82, 2.24) is 4.90 Å². The SMILES string of the molecule is CC(N)CN1CCC(F)(F)C1. The second kappa shape index (κ2) is 3.03. The van der Waals surface area contributed by atoms with E-state index in [0.717, 1.165) is 0 Å². The Morgan fingerprint density at radius 1 is 1.64 bits per heavy atom. The molecule has 0 aromatic rings. The molecule has 1 heterocycles. The van der Waals surface area contributed by atoms with Crippen LogP contribution in [0, 0.1) is 0 Å². The first-order valence-electron chi connectivity index (χ1n) is 3.85. The van der Waals surface area contributed by atoms with Crippen LogP contribution < -0.4 is 5.73 Å². The van der Waals surface area contributed by atoms with Crippen molar-refractivity contribution < 1.29 is 8.78 Å². The van der Waals surface area contributed by atoms with Gasteiger partial charge < -0.3 is 5.73 Å². The molecule has 0 spiro atoms. The normalized spacial score (nSPS) is 27.3. The van der Waals surface area contributed by atoms with Gasteiger partial charge in [-0.2, -0.15) is 0 Å². The summed E-state index contributed by atoms with van der Waals surface area (Å²) < 4.78 is 25.1. The minimum absolute atomic E-state index is 0.0103. The Labute approximate surface area is 65.4 Å². The summed E-state index contributed by atoms with van der Waals surface area (Å²) in [6.45, 7) is 2.77. The van der Waals surface area contributed by atoms with Gasteiger partial charge in [-0.15, -0.1) is 0 Å². The molecule has 1 fully saturated rings. The van der Waals surface area contributed by atoms with Crippen LogP contribution in [0.25, 0.3) is 0 Å². The van der Waals surface area contributed by atoms with Gasteiger partial charge in [-0.3, -0.25) is 4.90 Å². The molecule has 0 aromatic carbocycles. The molecular weight excluding hydrogens is 150 g/mol. The van der Waals surface area contributed by atoms with Crippen molar-refractivity contribution >= 4 is 0 Å². The van der Waals surface area contributed by atoms with Crippen LogP contribution in [-0.2, 0) is 0 Å². The van der Waals surface area contributed by atoms with Crippen molar-refractivity contribution in [3.63, 3.8) is 0 Å². The zero-order chi connectivity index (χ0) is 8.48. The first-order valence-corrected chi connectivity index (χ1v) is 3.85. The van der Waals surface area contributed by atoms with E-state index in [2.05, 4.69) is 0 Å². The third-order valence-electron chi connectivity index (χ3n) is 1.79. The minimum Gasteiger partial charge on any atom is -0.327 e. The first-order chi connectivity index (χ1) is 4.99. The fraction of sp³-hybridized carbons (Fsp3) is 1.00. The van der Waals surface area contributed by atoms with Crippen molar-refractivity contribution in [3.05, 3.63) is 0 Å². The summed E-state index contributed by atoms with van der Waals surface area (Å²) in [4.78, 5) is 1.71. The zero-order valence-electron chi connectivity index (χ0n) is 6.69. The number of likely N-dealkylation sites (tertiary alicyclic amines) is 1. The zero-order valence-corrected chi connectivity index (χ0v) is 6.69. The Kier molecular flexibility index (Phi) is 2.44. The molecule has 1 aliphatic heterocycles. The molecule has 0 aromatic heterocycles. The highest BCUT2D eigenvalue weighted by molar-refractivity contribution is 4.82. The van der Waals surface area contributed by atoms with E-state index in [0.29, 0.717) is 13.1 Å².